The summed E-state index contributed by atoms with van der Waals surface area (Å²) in [6.07, 6.45) is -3.55. The highest BCUT2D eigenvalue weighted by Crippen LogP contribution is 2.13. The van der Waals surface area contributed by atoms with E-state index in [-0.39, 0.29) is 5.56 Å². The van der Waals surface area contributed by atoms with E-state index >= 15 is 0 Å². The molecular formula is C11H12F3NO. The van der Waals surface area contributed by atoms with E-state index in [1.807, 2.05) is 12.2 Å². The smallest absolute Gasteiger partial charge is 0.343 e. The summed E-state index contributed by atoms with van der Waals surface area (Å²) in [6.45, 7) is 0.653. The number of benzene rings is 1. The Morgan fingerprint density at radius 3 is 2.25 bits per heavy atom. The number of alkyl halides is 3. The number of halogens is 3. The van der Waals surface area contributed by atoms with Crippen molar-refractivity contribution in [3.63, 3.8) is 0 Å². The van der Waals surface area contributed by atoms with Crippen LogP contribution < -0.4 is 5.32 Å². The van der Waals surface area contributed by atoms with Gasteiger partial charge in [0.1, 0.15) is 6.54 Å². The highest BCUT2D eigenvalue weighted by Gasteiger charge is 2.27. The lowest BCUT2D eigenvalue weighted by Gasteiger charge is -2.08. The summed E-state index contributed by atoms with van der Waals surface area (Å²) in [4.78, 5) is 11.3. The quantitative estimate of drug-likeness (QED) is 0.851. The van der Waals surface area contributed by atoms with Crippen LogP contribution in [-0.4, -0.2) is 18.6 Å². The molecule has 1 aromatic rings. The Hall–Kier alpha value is -1.52. The molecule has 0 radical (unpaired) electrons. The van der Waals surface area contributed by atoms with Gasteiger partial charge in [-0.25, -0.2) is 0 Å². The second kappa shape index (κ2) is 5.01. The van der Waals surface area contributed by atoms with Gasteiger partial charge in [0.15, 0.2) is 0 Å². The molecule has 1 aromatic carbocycles. The van der Waals surface area contributed by atoms with Crippen LogP contribution in [-0.2, 0) is 6.42 Å². The Balaban J connectivity index is 2.59. The van der Waals surface area contributed by atoms with Gasteiger partial charge in [0.05, 0.1) is 0 Å². The summed E-state index contributed by atoms with van der Waals surface area (Å²) in [5.41, 5.74) is 1.27. The molecule has 1 N–H and O–H groups in total. The average Bonchev–Trinajstić information content (AvgIpc) is 2.25. The molecule has 2 nitrogen and oxygen atoms in total. The SMILES string of the molecule is CCc1ccc(C(=O)NCC(F)(F)F)cc1. The lowest BCUT2D eigenvalue weighted by molar-refractivity contribution is -0.123. The van der Waals surface area contributed by atoms with E-state index < -0.39 is 18.6 Å². The van der Waals surface area contributed by atoms with Gasteiger partial charge in [0.25, 0.3) is 5.91 Å². The maximum absolute atomic E-state index is 11.8. The molecule has 0 heterocycles. The molecule has 0 spiro atoms. The van der Waals surface area contributed by atoms with Crippen molar-refractivity contribution in [2.24, 2.45) is 0 Å². The predicted octanol–water partition coefficient (Wildman–Crippen LogP) is 2.54. The summed E-state index contributed by atoms with van der Waals surface area (Å²) in [7, 11) is 0. The van der Waals surface area contributed by atoms with Crippen LogP contribution in [0.1, 0.15) is 22.8 Å². The molecule has 0 atom stereocenters. The van der Waals surface area contributed by atoms with Crippen molar-refractivity contribution in [3.8, 4) is 0 Å². The van der Waals surface area contributed by atoms with Crippen molar-refractivity contribution < 1.29 is 18.0 Å². The van der Waals surface area contributed by atoms with Gasteiger partial charge in [-0.1, -0.05) is 19.1 Å². The predicted molar refractivity (Wildman–Crippen MR) is 54.2 cm³/mol. The first-order valence-electron chi connectivity index (χ1n) is 4.86. The molecule has 0 unspecified atom stereocenters. The van der Waals surface area contributed by atoms with Gasteiger partial charge in [-0.15, -0.1) is 0 Å². The van der Waals surface area contributed by atoms with E-state index in [9.17, 15) is 18.0 Å². The van der Waals surface area contributed by atoms with Crippen LogP contribution in [0.25, 0.3) is 0 Å². The number of carbonyl (C=O) groups is 1. The normalized spacial score (nSPS) is 11.2. The molecule has 5 heteroatoms. The minimum absolute atomic E-state index is 0.237. The Morgan fingerprint density at radius 2 is 1.81 bits per heavy atom. The maximum Gasteiger partial charge on any atom is 0.405 e. The molecule has 1 amide bonds. The van der Waals surface area contributed by atoms with Gasteiger partial charge in [0, 0.05) is 5.56 Å². The van der Waals surface area contributed by atoms with Crippen LogP contribution in [0.15, 0.2) is 24.3 Å². The number of amides is 1. The standard InChI is InChI=1S/C11H12F3NO/c1-2-8-3-5-9(6-4-8)10(16)15-7-11(12,13)14/h3-6H,2,7H2,1H3,(H,15,16). The van der Waals surface area contributed by atoms with E-state index in [2.05, 4.69) is 0 Å². The van der Waals surface area contributed by atoms with Crippen molar-refractivity contribution in [2.75, 3.05) is 6.54 Å². The van der Waals surface area contributed by atoms with Crippen molar-refractivity contribution in [1.29, 1.82) is 0 Å². The Morgan fingerprint density at radius 1 is 1.25 bits per heavy atom. The lowest BCUT2D eigenvalue weighted by Crippen LogP contribution is -2.33. The zero-order valence-corrected chi connectivity index (χ0v) is 8.77. The number of carbonyl (C=O) groups excluding carboxylic acids is 1. The minimum Gasteiger partial charge on any atom is -0.343 e. The number of hydrogen-bond donors (Lipinski definition) is 1. The molecule has 88 valence electrons. The Bertz CT molecular complexity index is 356. The minimum atomic E-state index is -4.38. The molecule has 0 bridgehead atoms. The van der Waals surface area contributed by atoms with Gasteiger partial charge in [-0.2, -0.15) is 13.2 Å². The first-order chi connectivity index (χ1) is 7.42. The topological polar surface area (TPSA) is 29.1 Å². The van der Waals surface area contributed by atoms with E-state index in [1.165, 1.54) is 12.1 Å². The third-order valence-electron chi connectivity index (χ3n) is 2.07. The van der Waals surface area contributed by atoms with Crippen LogP contribution in [0.4, 0.5) is 13.2 Å². The summed E-state index contributed by atoms with van der Waals surface area (Å²) >= 11 is 0. The van der Waals surface area contributed by atoms with Crippen molar-refractivity contribution in [3.05, 3.63) is 35.4 Å². The number of rotatable bonds is 3. The third kappa shape index (κ3) is 3.92. The molecule has 0 aliphatic carbocycles. The fourth-order valence-corrected chi connectivity index (χ4v) is 1.17. The van der Waals surface area contributed by atoms with E-state index in [4.69, 9.17) is 0 Å². The second-order valence-corrected chi connectivity index (χ2v) is 3.35. The third-order valence-corrected chi connectivity index (χ3v) is 2.07. The molecule has 0 fully saturated rings. The first-order valence-corrected chi connectivity index (χ1v) is 4.86. The molecule has 0 saturated carbocycles. The van der Waals surface area contributed by atoms with Crippen molar-refractivity contribution in [2.45, 2.75) is 19.5 Å². The fraction of sp³-hybridized carbons (Fsp3) is 0.364. The molecule has 0 aliphatic rings. The van der Waals surface area contributed by atoms with Gasteiger partial charge < -0.3 is 5.32 Å². The highest BCUT2D eigenvalue weighted by atomic mass is 19.4. The van der Waals surface area contributed by atoms with Gasteiger partial charge >= 0.3 is 6.18 Å². The van der Waals surface area contributed by atoms with Crippen LogP contribution in [0.5, 0.6) is 0 Å². The number of nitrogens with one attached hydrogen (secondary N) is 1. The lowest BCUT2D eigenvalue weighted by atomic mass is 10.1. The van der Waals surface area contributed by atoms with Crippen LogP contribution >= 0.6 is 0 Å². The summed E-state index contributed by atoms with van der Waals surface area (Å²) < 4.78 is 35.5. The van der Waals surface area contributed by atoms with Crippen LogP contribution in [0.3, 0.4) is 0 Å². The molecular weight excluding hydrogens is 219 g/mol. The molecule has 16 heavy (non-hydrogen) atoms. The zero-order chi connectivity index (χ0) is 12.2. The monoisotopic (exact) mass is 231 g/mol. The Kier molecular flexibility index (Phi) is 3.93. The average molecular weight is 231 g/mol. The fourth-order valence-electron chi connectivity index (χ4n) is 1.17. The van der Waals surface area contributed by atoms with Gasteiger partial charge in [-0.05, 0) is 24.1 Å². The van der Waals surface area contributed by atoms with Crippen LogP contribution in [0.2, 0.25) is 0 Å². The molecule has 0 aliphatic heterocycles. The Labute approximate surface area is 91.5 Å². The van der Waals surface area contributed by atoms with Gasteiger partial charge in [0.2, 0.25) is 0 Å². The van der Waals surface area contributed by atoms with Crippen molar-refractivity contribution in [1.82, 2.24) is 5.32 Å². The highest BCUT2D eigenvalue weighted by molar-refractivity contribution is 5.94. The number of aryl methyl sites for hydroxylation is 1. The molecule has 1 rings (SSSR count). The first kappa shape index (κ1) is 12.5. The van der Waals surface area contributed by atoms with Crippen LogP contribution in [0, 0.1) is 0 Å². The number of hydrogen-bond acceptors (Lipinski definition) is 1. The summed E-state index contributed by atoms with van der Waals surface area (Å²) in [6, 6.07) is 6.49. The van der Waals surface area contributed by atoms with E-state index in [0.29, 0.717) is 0 Å². The zero-order valence-electron chi connectivity index (χ0n) is 8.77. The molecule has 0 aromatic heterocycles. The summed E-state index contributed by atoms with van der Waals surface area (Å²) in [5.74, 6) is -0.708. The van der Waals surface area contributed by atoms with Gasteiger partial charge in [-0.3, -0.25) is 4.79 Å². The maximum atomic E-state index is 11.8. The summed E-state index contributed by atoms with van der Waals surface area (Å²) in [5, 5.41) is 1.81. The second-order valence-electron chi connectivity index (χ2n) is 3.35. The largest absolute Gasteiger partial charge is 0.405 e. The molecule has 0 saturated heterocycles. The van der Waals surface area contributed by atoms with Crippen molar-refractivity contribution >= 4 is 5.91 Å². The van der Waals surface area contributed by atoms with E-state index in [0.717, 1.165) is 12.0 Å². The van der Waals surface area contributed by atoms with E-state index in [1.54, 1.807) is 12.1 Å².